The van der Waals surface area contributed by atoms with Gasteiger partial charge < -0.3 is 10.5 Å². The van der Waals surface area contributed by atoms with E-state index in [1.54, 1.807) is 12.1 Å². The van der Waals surface area contributed by atoms with Gasteiger partial charge in [0.15, 0.2) is 11.6 Å². The highest BCUT2D eigenvalue weighted by molar-refractivity contribution is 5.31. The fourth-order valence-corrected chi connectivity index (χ4v) is 1.57. The molecule has 1 heterocycles. The Balaban J connectivity index is 2.18. The highest BCUT2D eigenvalue weighted by Crippen LogP contribution is 2.25. The third-order valence-corrected chi connectivity index (χ3v) is 2.72. The molecule has 0 saturated carbocycles. The maximum Gasteiger partial charge on any atom is 0.201 e. The third-order valence-electron chi connectivity index (χ3n) is 2.72. The highest BCUT2D eigenvalue weighted by atomic mass is 19.2. The largest absolute Gasteiger partial charge is 0.453 e. The van der Waals surface area contributed by atoms with E-state index in [2.05, 4.69) is 4.98 Å². The van der Waals surface area contributed by atoms with Crippen molar-refractivity contribution in [2.75, 3.05) is 0 Å². The van der Waals surface area contributed by atoms with Gasteiger partial charge in [-0.25, -0.2) is 4.39 Å². The molecular formula is C14H14F2N2O. The molecule has 0 saturated heterocycles. The van der Waals surface area contributed by atoms with Crippen molar-refractivity contribution in [2.45, 2.75) is 19.4 Å². The summed E-state index contributed by atoms with van der Waals surface area (Å²) in [4.78, 5) is 4.13. The number of hydrogen-bond donors (Lipinski definition) is 1. The molecule has 19 heavy (non-hydrogen) atoms. The van der Waals surface area contributed by atoms with Crippen LogP contribution in [0.4, 0.5) is 8.78 Å². The predicted molar refractivity (Wildman–Crippen MR) is 67.9 cm³/mol. The van der Waals surface area contributed by atoms with Crippen LogP contribution in [0.2, 0.25) is 0 Å². The number of ether oxygens (including phenoxy) is 1. The van der Waals surface area contributed by atoms with E-state index in [0.717, 1.165) is 18.2 Å². The van der Waals surface area contributed by atoms with Crippen molar-refractivity contribution in [2.24, 2.45) is 5.73 Å². The first-order valence-corrected chi connectivity index (χ1v) is 5.95. The van der Waals surface area contributed by atoms with Crippen molar-refractivity contribution in [3.05, 3.63) is 53.9 Å². The summed E-state index contributed by atoms with van der Waals surface area (Å²) in [6.45, 7) is 1.96. The molecule has 100 valence electrons. The van der Waals surface area contributed by atoms with E-state index in [0.29, 0.717) is 5.75 Å². The van der Waals surface area contributed by atoms with Crippen LogP contribution < -0.4 is 10.5 Å². The van der Waals surface area contributed by atoms with Gasteiger partial charge in [0.25, 0.3) is 0 Å². The van der Waals surface area contributed by atoms with Gasteiger partial charge in [-0.15, -0.1) is 0 Å². The molecule has 1 atom stereocenters. The van der Waals surface area contributed by atoms with Crippen LogP contribution in [0.3, 0.4) is 0 Å². The Bertz CT molecular complexity index is 558. The molecule has 0 fully saturated rings. The maximum atomic E-state index is 13.4. The summed E-state index contributed by atoms with van der Waals surface area (Å²) in [5, 5.41) is 0. The molecule has 0 aliphatic heterocycles. The average molecular weight is 264 g/mol. The second-order valence-electron chi connectivity index (χ2n) is 4.09. The van der Waals surface area contributed by atoms with E-state index in [9.17, 15) is 8.78 Å². The van der Waals surface area contributed by atoms with Gasteiger partial charge in [0.05, 0.1) is 11.9 Å². The summed E-state index contributed by atoms with van der Waals surface area (Å²) in [5.41, 5.74) is 6.56. The minimum Gasteiger partial charge on any atom is -0.453 e. The third kappa shape index (κ3) is 3.06. The highest BCUT2D eigenvalue weighted by Gasteiger charge is 2.10. The molecule has 0 radical (unpaired) electrons. The molecule has 2 rings (SSSR count). The summed E-state index contributed by atoms with van der Waals surface area (Å²) in [6.07, 6.45) is 2.21. The van der Waals surface area contributed by atoms with Crippen LogP contribution >= 0.6 is 0 Å². The molecule has 1 aromatic heterocycles. The van der Waals surface area contributed by atoms with Crippen molar-refractivity contribution in [1.82, 2.24) is 4.98 Å². The van der Waals surface area contributed by atoms with Crippen LogP contribution in [0.1, 0.15) is 25.1 Å². The summed E-state index contributed by atoms with van der Waals surface area (Å²) in [7, 11) is 0. The number of pyridine rings is 1. The standard InChI is InChI=1S/C14H14F2N2O/c1-2-11(17)12-7-6-9(8-18-12)19-13-5-3-4-10(15)14(13)16/h3-8,11H,2,17H2,1H3/t11-/m0/s1. The minimum absolute atomic E-state index is 0.139. The van der Waals surface area contributed by atoms with Crippen LogP contribution in [-0.2, 0) is 0 Å². The SMILES string of the molecule is CC[C@H](N)c1ccc(Oc2cccc(F)c2F)cn1. The summed E-state index contributed by atoms with van der Waals surface area (Å²) >= 11 is 0. The van der Waals surface area contributed by atoms with Gasteiger partial charge in [-0.1, -0.05) is 13.0 Å². The normalized spacial score (nSPS) is 12.2. The van der Waals surface area contributed by atoms with Crippen molar-refractivity contribution in [1.29, 1.82) is 0 Å². The number of halogens is 2. The van der Waals surface area contributed by atoms with E-state index < -0.39 is 11.6 Å². The lowest BCUT2D eigenvalue weighted by Crippen LogP contribution is -2.10. The Morgan fingerprint density at radius 3 is 2.68 bits per heavy atom. The topological polar surface area (TPSA) is 48.1 Å². The van der Waals surface area contributed by atoms with Crippen molar-refractivity contribution < 1.29 is 13.5 Å². The Morgan fingerprint density at radius 1 is 1.26 bits per heavy atom. The Kier molecular flexibility index (Phi) is 4.06. The zero-order valence-corrected chi connectivity index (χ0v) is 10.4. The Morgan fingerprint density at radius 2 is 2.05 bits per heavy atom. The predicted octanol–water partition coefficient (Wildman–Crippen LogP) is 3.56. The van der Waals surface area contributed by atoms with Gasteiger partial charge >= 0.3 is 0 Å². The van der Waals surface area contributed by atoms with Crippen LogP contribution in [0.15, 0.2) is 36.5 Å². The molecule has 0 bridgehead atoms. The van der Waals surface area contributed by atoms with E-state index in [1.165, 1.54) is 18.3 Å². The van der Waals surface area contributed by atoms with Crippen LogP contribution in [-0.4, -0.2) is 4.98 Å². The average Bonchev–Trinajstić information content (AvgIpc) is 2.44. The van der Waals surface area contributed by atoms with E-state index in [-0.39, 0.29) is 11.8 Å². The molecule has 2 aromatic rings. The second-order valence-corrected chi connectivity index (χ2v) is 4.09. The minimum atomic E-state index is -1.02. The lowest BCUT2D eigenvalue weighted by Gasteiger charge is -2.10. The fraction of sp³-hybridized carbons (Fsp3) is 0.214. The number of nitrogens with two attached hydrogens (primary N) is 1. The van der Waals surface area contributed by atoms with Gasteiger partial charge in [0, 0.05) is 6.04 Å². The van der Waals surface area contributed by atoms with Crippen LogP contribution in [0.5, 0.6) is 11.5 Å². The molecule has 0 amide bonds. The summed E-state index contributed by atoms with van der Waals surface area (Å²) in [6, 6.07) is 6.96. The van der Waals surface area contributed by atoms with Gasteiger partial charge in [-0.05, 0) is 30.7 Å². The van der Waals surface area contributed by atoms with Crippen molar-refractivity contribution in [3.63, 3.8) is 0 Å². The lowest BCUT2D eigenvalue weighted by atomic mass is 10.1. The quantitative estimate of drug-likeness (QED) is 0.918. The number of nitrogens with zero attached hydrogens (tertiary/aromatic N) is 1. The van der Waals surface area contributed by atoms with E-state index in [1.807, 2.05) is 6.92 Å². The molecule has 5 heteroatoms. The molecule has 0 unspecified atom stereocenters. The molecule has 0 aliphatic carbocycles. The monoisotopic (exact) mass is 264 g/mol. The maximum absolute atomic E-state index is 13.4. The number of benzene rings is 1. The van der Waals surface area contributed by atoms with Gasteiger partial charge in [0.2, 0.25) is 5.82 Å². The first-order valence-electron chi connectivity index (χ1n) is 5.95. The summed E-state index contributed by atoms with van der Waals surface area (Å²) in [5.74, 6) is -1.81. The Hall–Kier alpha value is -2.01. The molecule has 0 aliphatic rings. The zero-order chi connectivity index (χ0) is 13.8. The number of aromatic nitrogens is 1. The second kappa shape index (κ2) is 5.75. The molecule has 3 nitrogen and oxygen atoms in total. The lowest BCUT2D eigenvalue weighted by molar-refractivity contribution is 0.414. The van der Waals surface area contributed by atoms with Gasteiger partial charge in [-0.3, -0.25) is 4.98 Å². The molecule has 0 spiro atoms. The van der Waals surface area contributed by atoms with Gasteiger partial charge in [-0.2, -0.15) is 4.39 Å². The van der Waals surface area contributed by atoms with Gasteiger partial charge in [0.1, 0.15) is 5.75 Å². The first kappa shape index (κ1) is 13.4. The molecular weight excluding hydrogens is 250 g/mol. The van der Waals surface area contributed by atoms with Crippen LogP contribution in [0, 0.1) is 11.6 Å². The number of rotatable bonds is 4. The van der Waals surface area contributed by atoms with Crippen molar-refractivity contribution >= 4 is 0 Å². The van der Waals surface area contributed by atoms with E-state index >= 15 is 0 Å². The van der Waals surface area contributed by atoms with Crippen molar-refractivity contribution in [3.8, 4) is 11.5 Å². The smallest absolute Gasteiger partial charge is 0.201 e. The zero-order valence-electron chi connectivity index (χ0n) is 10.4. The van der Waals surface area contributed by atoms with Crippen LogP contribution in [0.25, 0.3) is 0 Å². The van der Waals surface area contributed by atoms with E-state index in [4.69, 9.17) is 10.5 Å². The first-order chi connectivity index (χ1) is 9.11. The summed E-state index contributed by atoms with van der Waals surface area (Å²) < 4.78 is 31.7. The molecule has 2 N–H and O–H groups in total. The fourth-order valence-electron chi connectivity index (χ4n) is 1.57. The Labute approximate surface area is 110 Å². The molecule has 1 aromatic carbocycles. The number of hydrogen-bond acceptors (Lipinski definition) is 3.